The van der Waals surface area contributed by atoms with Gasteiger partial charge in [0.15, 0.2) is 0 Å². The Balaban J connectivity index is 1.40. The third-order valence-electron chi connectivity index (χ3n) is 4.68. The van der Waals surface area contributed by atoms with Gasteiger partial charge in [0, 0.05) is 50.8 Å². The summed E-state index contributed by atoms with van der Waals surface area (Å²) in [5.41, 5.74) is 3.42. The first-order chi connectivity index (χ1) is 11.2. The first-order valence-corrected chi connectivity index (χ1v) is 8.30. The van der Waals surface area contributed by atoms with Crippen LogP contribution >= 0.6 is 0 Å². The Labute approximate surface area is 136 Å². The van der Waals surface area contributed by atoms with Crippen LogP contribution in [0.2, 0.25) is 0 Å². The summed E-state index contributed by atoms with van der Waals surface area (Å²) in [6.45, 7) is 5.20. The van der Waals surface area contributed by atoms with Crippen molar-refractivity contribution in [1.82, 2.24) is 23.8 Å². The summed E-state index contributed by atoms with van der Waals surface area (Å²) in [5.74, 6) is 1.93. The van der Waals surface area contributed by atoms with E-state index in [0.29, 0.717) is 5.92 Å². The molecule has 3 aromatic heterocycles. The van der Waals surface area contributed by atoms with Gasteiger partial charge in [-0.25, -0.2) is 9.97 Å². The van der Waals surface area contributed by atoms with E-state index in [1.54, 1.807) is 0 Å². The second-order valence-electron chi connectivity index (χ2n) is 6.80. The van der Waals surface area contributed by atoms with Gasteiger partial charge in [-0.05, 0) is 37.9 Å². The molecule has 23 heavy (non-hydrogen) atoms. The van der Waals surface area contributed by atoms with Crippen LogP contribution in [0.5, 0.6) is 0 Å². The van der Waals surface area contributed by atoms with Crippen molar-refractivity contribution in [2.24, 2.45) is 5.92 Å². The van der Waals surface area contributed by atoms with Crippen molar-refractivity contribution in [3.8, 4) is 0 Å². The van der Waals surface area contributed by atoms with Crippen molar-refractivity contribution >= 4 is 5.65 Å². The lowest BCUT2D eigenvalue weighted by Gasteiger charge is -2.27. The lowest BCUT2D eigenvalue weighted by atomic mass is 9.99. The first kappa shape index (κ1) is 14.5. The maximum absolute atomic E-state index is 4.72. The smallest absolute Gasteiger partial charge is 0.137 e. The Kier molecular flexibility index (Phi) is 3.65. The highest BCUT2D eigenvalue weighted by Crippen LogP contribution is 2.20. The largest absolute Gasteiger partial charge is 0.335 e. The van der Waals surface area contributed by atoms with Crippen LogP contribution in [0.1, 0.15) is 23.5 Å². The summed E-state index contributed by atoms with van der Waals surface area (Å²) < 4.78 is 4.42. The monoisotopic (exact) mass is 309 g/mol. The molecule has 0 bridgehead atoms. The van der Waals surface area contributed by atoms with Gasteiger partial charge in [0.05, 0.1) is 5.69 Å². The molecule has 3 aromatic rings. The van der Waals surface area contributed by atoms with E-state index >= 15 is 0 Å². The van der Waals surface area contributed by atoms with Crippen molar-refractivity contribution in [3.05, 3.63) is 54.0 Å². The van der Waals surface area contributed by atoms with Gasteiger partial charge in [-0.1, -0.05) is 6.07 Å². The van der Waals surface area contributed by atoms with E-state index in [0.717, 1.165) is 37.4 Å². The number of hydrogen-bond acceptors (Lipinski definition) is 3. The maximum Gasteiger partial charge on any atom is 0.137 e. The highest BCUT2D eigenvalue weighted by molar-refractivity contribution is 5.41. The molecule has 4 heterocycles. The summed E-state index contributed by atoms with van der Waals surface area (Å²) >= 11 is 0. The molecule has 4 rings (SSSR count). The van der Waals surface area contributed by atoms with Gasteiger partial charge in [-0.15, -0.1) is 0 Å². The summed E-state index contributed by atoms with van der Waals surface area (Å²) in [6.07, 6.45) is 10.6. The number of hydrogen-bond donors (Lipinski definition) is 0. The van der Waals surface area contributed by atoms with Gasteiger partial charge >= 0.3 is 0 Å². The van der Waals surface area contributed by atoms with Crippen LogP contribution in [0.15, 0.2) is 36.9 Å². The van der Waals surface area contributed by atoms with Crippen molar-refractivity contribution in [1.29, 1.82) is 0 Å². The molecule has 0 radical (unpaired) electrons. The lowest BCUT2D eigenvalue weighted by Crippen LogP contribution is -2.31. The number of pyridine rings is 1. The van der Waals surface area contributed by atoms with E-state index < -0.39 is 0 Å². The predicted octanol–water partition coefficient (Wildman–Crippen LogP) is 2.53. The topological polar surface area (TPSA) is 38.4 Å². The molecule has 1 atom stereocenters. The molecule has 5 heteroatoms. The predicted molar refractivity (Wildman–Crippen MR) is 90.3 cm³/mol. The average Bonchev–Trinajstić information content (AvgIpc) is 3.11. The maximum atomic E-state index is 4.72. The fourth-order valence-corrected chi connectivity index (χ4v) is 3.60. The zero-order chi connectivity index (χ0) is 15.8. The van der Waals surface area contributed by atoms with Gasteiger partial charge in [0.2, 0.25) is 0 Å². The number of aryl methyl sites for hydroxylation is 2. The van der Waals surface area contributed by atoms with Gasteiger partial charge in [0.1, 0.15) is 11.5 Å². The summed E-state index contributed by atoms with van der Waals surface area (Å²) in [5, 5.41) is 0. The van der Waals surface area contributed by atoms with E-state index in [2.05, 4.69) is 63.5 Å². The third kappa shape index (κ3) is 3.01. The van der Waals surface area contributed by atoms with Crippen molar-refractivity contribution in [2.45, 2.75) is 32.9 Å². The Morgan fingerprint density at radius 2 is 2.22 bits per heavy atom. The lowest BCUT2D eigenvalue weighted by molar-refractivity contribution is 0.227. The molecule has 1 aliphatic rings. The van der Waals surface area contributed by atoms with Crippen molar-refractivity contribution < 1.29 is 0 Å². The number of fused-ring (bicyclic) bond motifs is 2. The van der Waals surface area contributed by atoms with Crippen molar-refractivity contribution in [3.63, 3.8) is 0 Å². The minimum atomic E-state index is 0.695. The highest BCUT2D eigenvalue weighted by atomic mass is 15.1. The molecule has 0 unspecified atom stereocenters. The van der Waals surface area contributed by atoms with Gasteiger partial charge < -0.3 is 13.9 Å². The van der Waals surface area contributed by atoms with Gasteiger partial charge in [-0.2, -0.15) is 0 Å². The molecule has 120 valence electrons. The Hall–Kier alpha value is -2.14. The normalized spacial score (nSPS) is 17.8. The highest BCUT2D eigenvalue weighted by Gasteiger charge is 2.20. The molecule has 0 saturated carbocycles. The standard InChI is InChI=1S/C18H23N5/c1-14-3-5-18-20-16(13-23(18)9-14)12-21(2)10-15-4-6-17-19-7-8-22(17)11-15/h3,5,7-9,13,15H,4,6,10-12H2,1-2H3/t15-/m0/s1. The quantitative estimate of drug-likeness (QED) is 0.743. The SMILES string of the molecule is Cc1ccc2nc(CN(C)C[C@@H]3CCc4nccn4C3)cn2c1. The van der Waals surface area contributed by atoms with Crippen LogP contribution in [-0.4, -0.2) is 37.4 Å². The van der Waals surface area contributed by atoms with Crippen LogP contribution in [0.25, 0.3) is 5.65 Å². The summed E-state index contributed by atoms with van der Waals surface area (Å²) in [7, 11) is 2.19. The number of imidazole rings is 2. The minimum absolute atomic E-state index is 0.695. The number of aromatic nitrogens is 4. The fourth-order valence-electron chi connectivity index (χ4n) is 3.60. The fraction of sp³-hybridized carbons (Fsp3) is 0.444. The van der Waals surface area contributed by atoms with Crippen LogP contribution < -0.4 is 0 Å². The average molecular weight is 309 g/mol. The molecule has 0 N–H and O–H groups in total. The molecule has 0 aromatic carbocycles. The molecule has 0 amide bonds. The molecule has 5 nitrogen and oxygen atoms in total. The van der Waals surface area contributed by atoms with Crippen molar-refractivity contribution in [2.75, 3.05) is 13.6 Å². The van der Waals surface area contributed by atoms with E-state index in [1.807, 2.05) is 6.20 Å². The van der Waals surface area contributed by atoms with Crippen LogP contribution in [0.3, 0.4) is 0 Å². The molecule has 0 fully saturated rings. The Morgan fingerprint density at radius 3 is 3.13 bits per heavy atom. The summed E-state index contributed by atoms with van der Waals surface area (Å²) in [6, 6.07) is 4.20. The van der Waals surface area contributed by atoms with E-state index in [-0.39, 0.29) is 0 Å². The molecule has 0 saturated heterocycles. The van der Waals surface area contributed by atoms with E-state index in [1.165, 1.54) is 17.8 Å². The molecular formula is C18H23N5. The first-order valence-electron chi connectivity index (χ1n) is 8.30. The Bertz CT molecular complexity index is 816. The summed E-state index contributed by atoms with van der Waals surface area (Å²) in [4.78, 5) is 11.5. The van der Waals surface area contributed by atoms with E-state index in [9.17, 15) is 0 Å². The molecule has 1 aliphatic heterocycles. The number of rotatable bonds is 4. The zero-order valence-corrected chi connectivity index (χ0v) is 13.8. The molecule has 0 spiro atoms. The second kappa shape index (κ2) is 5.81. The van der Waals surface area contributed by atoms with E-state index in [4.69, 9.17) is 4.98 Å². The second-order valence-corrected chi connectivity index (χ2v) is 6.80. The van der Waals surface area contributed by atoms with Crippen LogP contribution in [0.4, 0.5) is 0 Å². The number of nitrogens with zero attached hydrogens (tertiary/aromatic N) is 5. The van der Waals surface area contributed by atoms with Crippen LogP contribution in [0, 0.1) is 12.8 Å². The van der Waals surface area contributed by atoms with Gasteiger partial charge in [-0.3, -0.25) is 0 Å². The molecule has 0 aliphatic carbocycles. The van der Waals surface area contributed by atoms with Crippen LogP contribution in [-0.2, 0) is 19.5 Å². The third-order valence-corrected chi connectivity index (χ3v) is 4.68. The van der Waals surface area contributed by atoms with Gasteiger partial charge in [0.25, 0.3) is 0 Å². The zero-order valence-electron chi connectivity index (χ0n) is 13.8. The Morgan fingerprint density at radius 1 is 1.30 bits per heavy atom. The molecular weight excluding hydrogens is 286 g/mol. The minimum Gasteiger partial charge on any atom is -0.335 e.